The molecular weight excluding hydrogens is 280 g/mol. The normalized spacial score (nSPS) is 10.5. The van der Waals surface area contributed by atoms with Gasteiger partial charge in [-0.2, -0.15) is 0 Å². The van der Waals surface area contributed by atoms with E-state index in [0.29, 0.717) is 6.42 Å². The number of thiophene rings is 1. The van der Waals surface area contributed by atoms with Gasteiger partial charge in [-0.05, 0) is 43.2 Å². The van der Waals surface area contributed by atoms with Gasteiger partial charge < -0.3 is 10.2 Å². The van der Waals surface area contributed by atoms with Gasteiger partial charge in [0, 0.05) is 36.1 Å². The molecule has 0 saturated heterocycles. The molecule has 21 heavy (non-hydrogen) atoms. The van der Waals surface area contributed by atoms with Gasteiger partial charge in [0.05, 0.1) is 6.42 Å². The van der Waals surface area contributed by atoms with Crippen LogP contribution in [-0.4, -0.2) is 24.9 Å². The molecule has 0 spiro atoms. The number of hydrogen-bond acceptors (Lipinski definition) is 3. The van der Waals surface area contributed by atoms with Crippen molar-refractivity contribution in [1.29, 1.82) is 0 Å². The molecule has 1 aromatic heterocycles. The molecule has 0 atom stereocenters. The average molecular weight is 302 g/mol. The highest BCUT2D eigenvalue weighted by molar-refractivity contribution is 7.12. The van der Waals surface area contributed by atoms with Crippen molar-refractivity contribution in [2.45, 2.75) is 26.8 Å². The van der Waals surface area contributed by atoms with Crippen molar-refractivity contribution in [2.24, 2.45) is 0 Å². The zero-order chi connectivity index (χ0) is 15.4. The van der Waals surface area contributed by atoms with Gasteiger partial charge in [-0.25, -0.2) is 0 Å². The molecule has 1 heterocycles. The third-order valence-corrected chi connectivity index (χ3v) is 4.44. The van der Waals surface area contributed by atoms with Crippen molar-refractivity contribution in [3.05, 3.63) is 51.2 Å². The van der Waals surface area contributed by atoms with E-state index >= 15 is 0 Å². The van der Waals surface area contributed by atoms with Crippen LogP contribution in [0.1, 0.15) is 20.9 Å². The molecule has 0 unspecified atom stereocenters. The van der Waals surface area contributed by atoms with E-state index in [2.05, 4.69) is 25.2 Å². The second-order valence-corrected chi connectivity index (χ2v) is 6.91. The first-order valence-corrected chi connectivity index (χ1v) is 7.86. The molecule has 3 nitrogen and oxygen atoms in total. The molecule has 0 aliphatic carbocycles. The Labute approximate surface area is 130 Å². The Morgan fingerprint density at radius 1 is 1.19 bits per heavy atom. The van der Waals surface area contributed by atoms with E-state index < -0.39 is 0 Å². The number of aryl methyl sites for hydroxylation is 2. The van der Waals surface area contributed by atoms with Crippen LogP contribution < -0.4 is 5.32 Å². The van der Waals surface area contributed by atoms with E-state index in [1.54, 1.807) is 19.0 Å². The number of carbonyl (C=O) groups is 1. The molecule has 2 rings (SSSR count). The number of likely N-dealkylation sites (N-methyl/N-ethyl adjacent to an activating group) is 1. The number of nitrogens with zero attached hydrogens (tertiary/aromatic N) is 1. The van der Waals surface area contributed by atoms with Gasteiger partial charge in [0.25, 0.3) is 0 Å². The first kappa shape index (κ1) is 15.6. The third-order valence-electron chi connectivity index (χ3n) is 3.43. The summed E-state index contributed by atoms with van der Waals surface area (Å²) in [7, 11) is 3.56. The summed E-state index contributed by atoms with van der Waals surface area (Å²) < 4.78 is 0. The molecule has 0 aliphatic rings. The predicted molar refractivity (Wildman–Crippen MR) is 90.0 cm³/mol. The fourth-order valence-corrected chi connectivity index (χ4v) is 3.08. The van der Waals surface area contributed by atoms with Gasteiger partial charge in [0.1, 0.15) is 0 Å². The number of benzene rings is 1. The van der Waals surface area contributed by atoms with E-state index in [1.807, 2.05) is 35.6 Å². The molecule has 112 valence electrons. The summed E-state index contributed by atoms with van der Waals surface area (Å²) in [6.07, 6.45) is 0.454. The standard InChI is InChI=1S/C17H22N2OS/c1-12-9-15(13(2)21-12)11-18-16-7-5-14(6-8-16)10-17(20)19(3)4/h5-9,18H,10-11H2,1-4H3. The Morgan fingerprint density at radius 3 is 2.38 bits per heavy atom. The van der Waals surface area contributed by atoms with Crippen LogP contribution in [0.2, 0.25) is 0 Å². The monoisotopic (exact) mass is 302 g/mol. The van der Waals surface area contributed by atoms with E-state index in [0.717, 1.165) is 17.8 Å². The molecule has 0 radical (unpaired) electrons. The number of amides is 1. The van der Waals surface area contributed by atoms with Crippen molar-refractivity contribution < 1.29 is 4.79 Å². The zero-order valence-electron chi connectivity index (χ0n) is 13.1. The van der Waals surface area contributed by atoms with Crippen LogP contribution in [0.5, 0.6) is 0 Å². The average Bonchev–Trinajstić information content (AvgIpc) is 2.76. The highest BCUT2D eigenvalue weighted by atomic mass is 32.1. The second kappa shape index (κ2) is 6.76. The highest BCUT2D eigenvalue weighted by Crippen LogP contribution is 2.21. The fraction of sp³-hybridized carbons (Fsp3) is 0.353. The molecule has 4 heteroatoms. The topological polar surface area (TPSA) is 32.3 Å². The Kier molecular flexibility index (Phi) is 5.02. The molecule has 2 aromatic rings. The number of anilines is 1. The summed E-state index contributed by atoms with van der Waals surface area (Å²) >= 11 is 1.83. The van der Waals surface area contributed by atoms with Crippen molar-refractivity contribution in [3.63, 3.8) is 0 Å². The summed E-state index contributed by atoms with van der Waals surface area (Å²) in [6.45, 7) is 5.13. The number of rotatable bonds is 5. The first-order chi connectivity index (χ1) is 9.95. The molecule has 0 fully saturated rings. The predicted octanol–water partition coefficient (Wildman–Crippen LogP) is 3.61. The van der Waals surface area contributed by atoms with Crippen molar-refractivity contribution in [2.75, 3.05) is 19.4 Å². The van der Waals surface area contributed by atoms with Crippen molar-refractivity contribution in [3.8, 4) is 0 Å². The lowest BCUT2D eigenvalue weighted by Crippen LogP contribution is -2.23. The molecule has 0 bridgehead atoms. The van der Waals surface area contributed by atoms with Crippen molar-refractivity contribution in [1.82, 2.24) is 4.90 Å². The minimum atomic E-state index is 0.125. The minimum Gasteiger partial charge on any atom is -0.381 e. The fourth-order valence-electron chi connectivity index (χ4n) is 2.13. The summed E-state index contributed by atoms with van der Waals surface area (Å²) in [5, 5.41) is 3.43. The molecule has 1 amide bonds. The van der Waals surface area contributed by atoms with Crippen LogP contribution >= 0.6 is 11.3 Å². The quantitative estimate of drug-likeness (QED) is 0.915. The van der Waals surface area contributed by atoms with Crippen LogP contribution in [0.4, 0.5) is 5.69 Å². The van der Waals surface area contributed by atoms with Gasteiger partial charge in [0.2, 0.25) is 5.91 Å². The molecule has 1 N–H and O–H groups in total. The summed E-state index contributed by atoms with van der Waals surface area (Å²) in [5.74, 6) is 0.125. The third kappa shape index (κ3) is 4.33. The number of nitrogens with one attached hydrogen (secondary N) is 1. The minimum absolute atomic E-state index is 0.125. The van der Waals surface area contributed by atoms with E-state index in [-0.39, 0.29) is 5.91 Å². The lowest BCUT2D eigenvalue weighted by Gasteiger charge is -2.11. The van der Waals surface area contributed by atoms with Gasteiger partial charge in [-0.1, -0.05) is 12.1 Å². The molecule has 0 saturated carbocycles. The summed E-state index contributed by atoms with van der Waals surface area (Å²) in [4.78, 5) is 16.0. The number of hydrogen-bond donors (Lipinski definition) is 1. The van der Waals surface area contributed by atoms with E-state index in [4.69, 9.17) is 0 Å². The Balaban J connectivity index is 1.93. The maximum Gasteiger partial charge on any atom is 0.226 e. The zero-order valence-corrected chi connectivity index (χ0v) is 13.9. The van der Waals surface area contributed by atoms with Crippen LogP contribution in [-0.2, 0) is 17.8 Å². The molecule has 1 aromatic carbocycles. The summed E-state index contributed by atoms with van der Waals surface area (Å²) in [5.41, 5.74) is 3.48. The van der Waals surface area contributed by atoms with Crippen LogP contribution in [0, 0.1) is 13.8 Å². The number of carbonyl (C=O) groups excluding carboxylic acids is 1. The van der Waals surface area contributed by atoms with Gasteiger partial charge in [0.15, 0.2) is 0 Å². The van der Waals surface area contributed by atoms with Gasteiger partial charge >= 0.3 is 0 Å². The smallest absolute Gasteiger partial charge is 0.226 e. The van der Waals surface area contributed by atoms with Gasteiger partial charge in [-0.3, -0.25) is 4.79 Å². The van der Waals surface area contributed by atoms with Crippen LogP contribution in [0.15, 0.2) is 30.3 Å². The Morgan fingerprint density at radius 2 is 1.86 bits per heavy atom. The molecule has 0 aliphatic heterocycles. The second-order valence-electron chi connectivity index (χ2n) is 5.45. The lowest BCUT2D eigenvalue weighted by molar-refractivity contribution is -0.127. The maximum atomic E-state index is 11.7. The lowest BCUT2D eigenvalue weighted by atomic mass is 10.1. The van der Waals surface area contributed by atoms with E-state index in [9.17, 15) is 4.79 Å². The first-order valence-electron chi connectivity index (χ1n) is 7.04. The largest absolute Gasteiger partial charge is 0.381 e. The maximum absolute atomic E-state index is 11.7. The SMILES string of the molecule is Cc1cc(CNc2ccc(CC(=O)N(C)C)cc2)c(C)s1. The van der Waals surface area contributed by atoms with Crippen LogP contribution in [0.3, 0.4) is 0 Å². The van der Waals surface area contributed by atoms with E-state index in [1.165, 1.54) is 15.3 Å². The highest BCUT2D eigenvalue weighted by Gasteiger charge is 2.06. The van der Waals surface area contributed by atoms with Gasteiger partial charge in [-0.15, -0.1) is 11.3 Å². The van der Waals surface area contributed by atoms with Crippen LogP contribution in [0.25, 0.3) is 0 Å². The summed E-state index contributed by atoms with van der Waals surface area (Å²) in [6, 6.07) is 10.3. The van der Waals surface area contributed by atoms with Crippen molar-refractivity contribution >= 4 is 22.9 Å². The Bertz CT molecular complexity index is 614. The Hall–Kier alpha value is -1.81. The molecular formula is C17H22N2OS.